The summed E-state index contributed by atoms with van der Waals surface area (Å²) in [5.74, 6) is 0.880. The van der Waals surface area contributed by atoms with Crippen LogP contribution in [0.4, 0.5) is 4.39 Å². The van der Waals surface area contributed by atoms with Crippen LogP contribution in [0.1, 0.15) is 12.8 Å². The Morgan fingerprint density at radius 2 is 1.81 bits per heavy atom. The number of hydrogen-bond acceptors (Lipinski definition) is 0. The molecule has 1 fully saturated rings. The van der Waals surface area contributed by atoms with Gasteiger partial charge >= 0.3 is 5.78 Å². The van der Waals surface area contributed by atoms with Gasteiger partial charge in [-0.3, -0.25) is 0 Å². The number of para-hydroxylation sites is 2. The molecule has 2 N–H and O–H groups in total. The van der Waals surface area contributed by atoms with Crippen molar-refractivity contribution >= 4 is 16.8 Å². The van der Waals surface area contributed by atoms with Crippen molar-refractivity contribution in [1.82, 2.24) is 9.38 Å². The Morgan fingerprint density at radius 1 is 1.04 bits per heavy atom. The molecule has 0 aliphatic carbocycles. The third-order valence-corrected chi connectivity index (χ3v) is 5.58. The Morgan fingerprint density at radius 3 is 2.62 bits per heavy atom. The number of rotatable bonds is 4. The molecule has 3 heterocycles. The summed E-state index contributed by atoms with van der Waals surface area (Å²) in [7, 11) is 0. The van der Waals surface area contributed by atoms with Gasteiger partial charge in [0.05, 0.1) is 13.1 Å². The van der Waals surface area contributed by atoms with Gasteiger partial charge in [0.25, 0.3) is 0 Å². The van der Waals surface area contributed by atoms with Gasteiger partial charge in [0.2, 0.25) is 0 Å². The topological polar surface area (TPSA) is 28.5 Å². The molecule has 1 aliphatic heterocycles. The van der Waals surface area contributed by atoms with Crippen LogP contribution in [0.2, 0.25) is 0 Å². The molecule has 2 aromatic carbocycles. The van der Waals surface area contributed by atoms with Crippen LogP contribution in [-0.2, 0) is 6.54 Å². The van der Waals surface area contributed by atoms with Gasteiger partial charge in [0, 0.05) is 18.4 Å². The standard InChI is InChI=1S/C21H21FN4/c22-17-9-7-16(8-10-17)18-15-26-20-6-2-1-5-19(20)25(21(26)23-18)14-13-24-11-3-4-12-24/h1-2,5-10,15H,3-4,11-14H2/p+2. The van der Waals surface area contributed by atoms with Crippen LogP contribution in [0.25, 0.3) is 28.1 Å². The lowest BCUT2D eigenvalue weighted by atomic mass is 10.2. The van der Waals surface area contributed by atoms with Gasteiger partial charge in [0.15, 0.2) is 0 Å². The summed E-state index contributed by atoms with van der Waals surface area (Å²) in [5, 5.41) is 0. The lowest BCUT2D eigenvalue weighted by molar-refractivity contribution is -0.904. The number of nitrogens with zero attached hydrogens (tertiary/aromatic N) is 2. The second kappa shape index (κ2) is 6.25. The quantitative estimate of drug-likeness (QED) is 0.529. The molecule has 4 aromatic rings. The highest BCUT2D eigenvalue weighted by Crippen LogP contribution is 2.22. The van der Waals surface area contributed by atoms with E-state index in [4.69, 9.17) is 0 Å². The molecule has 0 atom stereocenters. The first-order chi connectivity index (χ1) is 12.8. The van der Waals surface area contributed by atoms with Crippen LogP contribution in [0.3, 0.4) is 0 Å². The molecule has 26 heavy (non-hydrogen) atoms. The third-order valence-electron chi connectivity index (χ3n) is 5.58. The minimum Gasteiger partial charge on any atom is -0.332 e. The number of benzene rings is 2. The maximum atomic E-state index is 13.2. The molecule has 1 saturated heterocycles. The number of H-pyrrole nitrogens is 1. The number of likely N-dealkylation sites (tertiary alicyclic amines) is 1. The Hall–Kier alpha value is -2.66. The molecule has 0 saturated carbocycles. The molecule has 0 spiro atoms. The van der Waals surface area contributed by atoms with Crippen LogP contribution in [0, 0.1) is 5.82 Å². The van der Waals surface area contributed by atoms with Crippen LogP contribution in [-0.4, -0.2) is 29.0 Å². The molecule has 0 unspecified atom stereocenters. The van der Waals surface area contributed by atoms with E-state index in [2.05, 4.69) is 44.4 Å². The fraction of sp³-hybridized carbons (Fsp3) is 0.286. The summed E-state index contributed by atoms with van der Waals surface area (Å²) >= 11 is 0. The molecule has 0 radical (unpaired) electrons. The average molecular weight is 350 g/mol. The van der Waals surface area contributed by atoms with Crippen molar-refractivity contribution in [2.75, 3.05) is 19.6 Å². The van der Waals surface area contributed by atoms with Crippen molar-refractivity contribution in [1.29, 1.82) is 0 Å². The molecular weight excluding hydrogens is 327 g/mol. The highest BCUT2D eigenvalue weighted by Gasteiger charge is 2.23. The van der Waals surface area contributed by atoms with Gasteiger partial charge in [-0.2, -0.15) is 4.40 Å². The zero-order valence-corrected chi connectivity index (χ0v) is 14.7. The summed E-state index contributed by atoms with van der Waals surface area (Å²) < 4.78 is 17.8. The van der Waals surface area contributed by atoms with Crippen LogP contribution in [0.5, 0.6) is 0 Å². The first-order valence-electron chi connectivity index (χ1n) is 9.41. The number of fused-ring (bicyclic) bond motifs is 3. The van der Waals surface area contributed by atoms with Gasteiger partial charge in [-0.25, -0.2) is 13.9 Å². The number of quaternary nitrogens is 1. The highest BCUT2D eigenvalue weighted by atomic mass is 19.1. The molecule has 0 bridgehead atoms. The Kier molecular flexibility index (Phi) is 3.75. The van der Waals surface area contributed by atoms with Crippen LogP contribution in [0.15, 0.2) is 54.7 Å². The molecule has 2 aromatic heterocycles. The summed E-state index contributed by atoms with van der Waals surface area (Å²) in [5.41, 5.74) is 4.45. The van der Waals surface area contributed by atoms with Gasteiger partial charge in [-0.1, -0.05) is 12.1 Å². The third kappa shape index (κ3) is 2.59. The van der Waals surface area contributed by atoms with Crippen molar-refractivity contribution < 1.29 is 13.9 Å². The molecule has 5 heteroatoms. The first kappa shape index (κ1) is 15.6. The number of nitrogens with one attached hydrogen (secondary N) is 2. The zero-order chi connectivity index (χ0) is 17.5. The lowest BCUT2D eigenvalue weighted by Crippen LogP contribution is -3.10. The average Bonchev–Trinajstić information content (AvgIpc) is 3.37. The van der Waals surface area contributed by atoms with E-state index in [9.17, 15) is 4.39 Å². The van der Waals surface area contributed by atoms with E-state index < -0.39 is 0 Å². The summed E-state index contributed by atoms with van der Waals surface area (Å²) in [4.78, 5) is 5.26. The second-order valence-corrected chi connectivity index (χ2v) is 7.22. The number of halogens is 1. The predicted octanol–water partition coefficient (Wildman–Crippen LogP) is 2.19. The van der Waals surface area contributed by atoms with E-state index in [-0.39, 0.29) is 5.82 Å². The maximum absolute atomic E-state index is 13.2. The zero-order valence-electron chi connectivity index (χ0n) is 14.7. The monoisotopic (exact) mass is 350 g/mol. The van der Waals surface area contributed by atoms with Crippen molar-refractivity contribution in [3.63, 3.8) is 0 Å². The maximum Gasteiger partial charge on any atom is 0.368 e. The van der Waals surface area contributed by atoms with E-state index in [1.54, 1.807) is 4.90 Å². The normalized spacial score (nSPS) is 15.4. The largest absolute Gasteiger partial charge is 0.368 e. The summed E-state index contributed by atoms with van der Waals surface area (Å²) in [6.07, 6.45) is 4.82. The van der Waals surface area contributed by atoms with Crippen LogP contribution >= 0.6 is 0 Å². The Bertz CT molecular complexity index is 1050. The van der Waals surface area contributed by atoms with E-state index in [0.29, 0.717) is 0 Å². The van der Waals surface area contributed by atoms with E-state index in [1.165, 1.54) is 49.1 Å². The van der Waals surface area contributed by atoms with Gasteiger partial charge in [0.1, 0.15) is 41.8 Å². The SMILES string of the molecule is Fc1ccc(-c2cn3c4ccccc4[n+](CC[NH+]4CCCC4)c3[nH]2)cc1. The Labute approximate surface area is 151 Å². The van der Waals surface area contributed by atoms with Crippen LogP contribution < -0.4 is 9.47 Å². The van der Waals surface area contributed by atoms with Crippen molar-refractivity contribution in [3.8, 4) is 11.3 Å². The molecule has 4 nitrogen and oxygen atoms in total. The fourth-order valence-corrected chi connectivity index (χ4v) is 4.19. The smallest absolute Gasteiger partial charge is 0.332 e. The van der Waals surface area contributed by atoms with Crippen molar-refractivity contribution in [2.24, 2.45) is 0 Å². The van der Waals surface area contributed by atoms with Crippen molar-refractivity contribution in [3.05, 3.63) is 60.5 Å². The number of hydrogen-bond donors (Lipinski definition) is 2. The minimum absolute atomic E-state index is 0.207. The highest BCUT2D eigenvalue weighted by molar-refractivity contribution is 5.76. The van der Waals surface area contributed by atoms with Gasteiger partial charge < -0.3 is 4.90 Å². The lowest BCUT2D eigenvalue weighted by Gasteiger charge is -2.10. The molecule has 0 amide bonds. The number of imidazole rings is 2. The predicted molar refractivity (Wildman–Crippen MR) is 99.6 cm³/mol. The molecule has 1 aliphatic rings. The van der Waals surface area contributed by atoms with E-state index in [1.807, 2.05) is 12.1 Å². The second-order valence-electron chi connectivity index (χ2n) is 7.22. The minimum atomic E-state index is -0.207. The van der Waals surface area contributed by atoms with Gasteiger partial charge in [-0.05, 0) is 36.4 Å². The van der Waals surface area contributed by atoms with E-state index in [0.717, 1.165) is 30.1 Å². The molecular formula is C21H23FN4+2. The Balaban J connectivity index is 1.59. The van der Waals surface area contributed by atoms with Gasteiger partial charge in [-0.15, -0.1) is 0 Å². The molecule has 5 rings (SSSR count). The molecule has 132 valence electrons. The number of aromatic nitrogens is 3. The van der Waals surface area contributed by atoms with E-state index >= 15 is 0 Å². The summed E-state index contributed by atoms with van der Waals surface area (Å²) in [6, 6.07) is 15.2. The number of aromatic amines is 1. The fourth-order valence-electron chi connectivity index (χ4n) is 4.19. The first-order valence-corrected chi connectivity index (χ1v) is 9.41. The summed E-state index contributed by atoms with van der Waals surface area (Å²) in [6.45, 7) is 4.73. The van der Waals surface area contributed by atoms with Crippen molar-refractivity contribution in [2.45, 2.75) is 19.4 Å².